The summed E-state index contributed by atoms with van der Waals surface area (Å²) < 4.78 is 27.6. The van der Waals surface area contributed by atoms with Crippen LogP contribution in [0, 0.1) is 0 Å². The van der Waals surface area contributed by atoms with E-state index in [1.54, 1.807) is 24.4 Å². The molecule has 0 atom stereocenters. The molecule has 0 saturated carbocycles. The van der Waals surface area contributed by atoms with Crippen LogP contribution in [-0.2, 0) is 23.1 Å². The van der Waals surface area contributed by atoms with Gasteiger partial charge in [0.25, 0.3) is 0 Å². The molecule has 114 valence electrons. The maximum atomic E-state index is 11.9. The Morgan fingerprint density at radius 3 is 2.81 bits per heavy atom. The monoisotopic (exact) mass is 311 g/mol. The molecule has 0 bridgehead atoms. The van der Waals surface area contributed by atoms with E-state index in [1.807, 2.05) is 0 Å². The average Bonchev–Trinajstić information content (AvgIpc) is 2.93. The molecule has 0 radical (unpaired) electrons. The summed E-state index contributed by atoms with van der Waals surface area (Å²) in [6.45, 7) is 0.693. The van der Waals surface area contributed by atoms with Crippen molar-refractivity contribution in [3.8, 4) is 0 Å². The molecule has 21 heavy (non-hydrogen) atoms. The molecule has 1 aromatic heterocycles. The zero-order valence-electron chi connectivity index (χ0n) is 11.5. The van der Waals surface area contributed by atoms with Gasteiger partial charge in [0.2, 0.25) is 10.0 Å². The molecule has 0 spiro atoms. The molecule has 3 N–H and O–H groups in total. The van der Waals surface area contributed by atoms with Crippen molar-refractivity contribution < 1.29 is 13.5 Å². The van der Waals surface area contributed by atoms with Gasteiger partial charge in [-0.1, -0.05) is 17.3 Å². The molecule has 0 aliphatic heterocycles. The van der Waals surface area contributed by atoms with Crippen molar-refractivity contribution in [2.75, 3.05) is 19.0 Å². The zero-order valence-corrected chi connectivity index (χ0v) is 12.3. The maximum Gasteiger partial charge on any atom is 0.242 e. The number of hydrogen-bond donors (Lipinski definition) is 3. The number of aliphatic hydroxyl groups excluding tert-OH is 1. The standard InChI is InChI=1S/C12H17N5O3S/c1-13-21(19,20)12-5-3-2-4-11(12)14-8-10-9-17(6-7-18)16-15-10/h2-5,9,13-14,18H,6-8H2,1H3. The minimum atomic E-state index is -3.52. The second-order valence-electron chi connectivity index (χ2n) is 4.25. The van der Waals surface area contributed by atoms with Gasteiger partial charge in [-0.3, -0.25) is 0 Å². The topological polar surface area (TPSA) is 109 Å². The molecule has 0 aliphatic rings. The van der Waals surface area contributed by atoms with Gasteiger partial charge < -0.3 is 10.4 Å². The van der Waals surface area contributed by atoms with Crippen molar-refractivity contribution in [2.24, 2.45) is 0 Å². The number of aromatic nitrogens is 3. The van der Waals surface area contributed by atoms with Crippen LogP contribution in [-0.4, -0.2) is 42.2 Å². The van der Waals surface area contributed by atoms with Gasteiger partial charge in [0.05, 0.1) is 31.6 Å². The summed E-state index contributed by atoms with van der Waals surface area (Å²) in [7, 11) is -2.16. The summed E-state index contributed by atoms with van der Waals surface area (Å²) in [6.07, 6.45) is 1.69. The van der Waals surface area contributed by atoms with Crippen LogP contribution in [0.5, 0.6) is 0 Å². The minimum absolute atomic E-state index is 0.0144. The first-order chi connectivity index (χ1) is 10.1. The van der Waals surface area contributed by atoms with E-state index in [0.29, 0.717) is 24.5 Å². The molecule has 0 fully saturated rings. The van der Waals surface area contributed by atoms with Gasteiger partial charge in [0.1, 0.15) is 10.6 Å². The number of para-hydroxylation sites is 1. The van der Waals surface area contributed by atoms with E-state index < -0.39 is 10.0 Å². The first kappa shape index (κ1) is 15.4. The third-order valence-corrected chi connectivity index (χ3v) is 4.29. The number of nitrogens with zero attached hydrogens (tertiary/aromatic N) is 3. The number of hydrogen-bond acceptors (Lipinski definition) is 6. The van der Waals surface area contributed by atoms with Crippen LogP contribution in [0.15, 0.2) is 35.4 Å². The van der Waals surface area contributed by atoms with Crippen LogP contribution in [0.1, 0.15) is 5.69 Å². The van der Waals surface area contributed by atoms with Crippen molar-refractivity contribution in [2.45, 2.75) is 18.0 Å². The molecular formula is C12H17N5O3S. The highest BCUT2D eigenvalue weighted by Crippen LogP contribution is 2.20. The molecule has 0 amide bonds. The number of aliphatic hydroxyl groups is 1. The lowest BCUT2D eigenvalue weighted by molar-refractivity contribution is 0.268. The normalized spacial score (nSPS) is 11.5. The van der Waals surface area contributed by atoms with Crippen LogP contribution < -0.4 is 10.0 Å². The van der Waals surface area contributed by atoms with Crippen LogP contribution >= 0.6 is 0 Å². The van der Waals surface area contributed by atoms with E-state index in [0.717, 1.165) is 0 Å². The van der Waals surface area contributed by atoms with Crippen molar-refractivity contribution in [3.05, 3.63) is 36.2 Å². The van der Waals surface area contributed by atoms with Crippen molar-refractivity contribution in [3.63, 3.8) is 0 Å². The molecule has 9 heteroatoms. The number of anilines is 1. The summed E-state index contributed by atoms with van der Waals surface area (Å²) in [6, 6.07) is 6.62. The molecule has 0 saturated heterocycles. The zero-order chi connectivity index (χ0) is 15.3. The Morgan fingerprint density at radius 1 is 1.33 bits per heavy atom. The van der Waals surface area contributed by atoms with Gasteiger partial charge >= 0.3 is 0 Å². The predicted octanol–water partition coefficient (Wildman–Crippen LogP) is -0.209. The fourth-order valence-electron chi connectivity index (χ4n) is 1.77. The lowest BCUT2D eigenvalue weighted by Gasteiger charge is -2.10. The maximum absolute atomic E-state index is 11.9. The van der Waals surface area contributed by atoms with E-state index in [4.69, 9.17) is 5.11 Å². The Balaban J connectivity index is 2.13. The van der Waals surface area contributed by atoms with Crippen LogP contribution in [0.25, 0.3) is 0 Å². The molecule has 8 nitrogen and oxygen atoms in total. The molecule has 0 unspecified atom stereocenters. The Hall–Kier alpha value is -1.97. The Bertz CT molecular complexity index is 698. The predicted molar refractivity (Wildman–Crippen MR) is 77.1 cm³/mol. The van der Waals surface area contributed by atoms with Crippen LogP contribution in [0.2, 0.25) is 0 Å². The SMILES string of the molecule is CNS(=O)(=O)c1ccccc1NCc1cn(CCO)nn1. The van der Waals surface area contributed by atoms with Crippen molar-refractivity contribution >= 4 is 15.7 Å². The molecule has 0 aliphatic carbocycles. The van der Waals surface area contributed by atoms with E-state index in [2.05, 4.69) is 20.4 Å². The Labute approximate surface area is 122 Å². The van der Waals surface area contributed by atoms with Gasteiger partial charge in [-0.15, -0.1) is 5.10 Å². The molecule has 2 rings (SSSR count). The summed E-state index contributed by atoms with van der Waals surface area (Å²) in [5.41, 5.74) is 1.14. The fraction of sp³-hybridized carbons (Fsp3) is 0.333. The van der Waals surface area contributed by atoms with Gasteiger partial charge in [-0.2, -0.15) is 0 Å². The molecular weight excluding hydrogens is 294 g/mol. The quantitative estimate of drug-likeness (QED) is 0.653. The summed E-state index contributed by atoms with van der Waals surface area (Å²) in [5, 5.41) is 19.6. The van der Waals surface area contributed by atoms with Gasteiger partial charge in [-0.25, -0.2) is 17.8 Å². The summed E-state index contributed by atoms with van der Waals surface area (Å²) in [5.74, 6) is 0. The average molecular weight is 311 g/mol. The highest BCUT2D eigenvalue weighted by Gasteiger charge is 2.15. The third-order valence-electron chi connectivity index (χ3n) is 2.82. The van der Waals surface area contributed by atoms with Gasteiger partial charge in [0, 0.05) is 0 Å². The first-order valence-electron chi connectivity index (χ1n) is 6.33. The third kappa shape index (κ3) is 3.78. The lowest BCUT2D eigenvalue weighted by Crippen LogP contribution is -2.20. The Morgan fingerprint density at radius 2 is 2.10 bits per heavy atom. The number of sulfonamides is 1. The molecule has 1 heterocycles. The van der Waals surface area contributed by atoms with E-state index in [9.17, 15) is 8.42 Å². The summed E-state index contributed by atoms with van der Waals surface area (Å²) in [4.78, 5) is 0.176. The fourth-order valence-corrected chi connectivity index (χ4v) is 2.68. The van der Waals surface area contributed by atoms with Crippen LogP contribution in [0.4, 0.5) is 5.69 Å². The first-order valence-corrected chi connectivity index (χ1v) is 7.81. The van der Waals surface area contributed by atoms with Crippen molar-refractivity contribution in [1.82, 2.24) is 19.7 Å². The van der Waals surface area contributed by atoms with Crippen molar-refractivity contribution in [1.29, 1.82) is 0 Å². The number of rotatable bonds is 7. The second kappa shape index (κ2) is 6.66. The van der Waals surface area contributed by atoms with E-state index in [1.165, 1.54) is 17.8 Å². The van der Waals surface area contributed by atoms with Crippen LogP contribution in [0.3, 0.4) is 0 Å². The largest absolute Gasteiger partial charge is 0.394 e. The minimum Gasteiger partial charge on any atom is -0.394 e. The lowest BCUT2D eigenvalue weighted by atomic mass is 10.3. The van der Waals surface area contributed by atoms with E-state index >= 15 is 0 Å². The Kier molecular flexibility index (Phi) is 4.89. The molecule has 1 aromatic carbocycles. The summed E-state index contributed by atoms with van der Waals surface area (Å²) >= 11 is 0. The second-order valence-corrected chi connectivity index (χ2v) is 6.11. The highest BCUT2D eigenvalue weighted by molar-refractivity contribution is 7.89. The number of benzene rings is 1. The van der Waals surface area contributed by atoms with E-state index in [-0.39, 0.29) is 11.5 Å². The van der Waals surface area contributed by atoms with Gasteiger partial charge in [0.15, 0.2) is 0 Å². The van der Waals surface area contributed by atoms with Gasteiger partial charge in [-0.05, 0) is 19.2 Å². The molecule has 2 aromatic rings. The smallest absolute Gasteiger partial charge is 0.242 e. The highest BCUT2D eigenvalue weighted by atomic mass is 32.2. The number of nitrogens with one attached hydrogen (secondary N) is 2.